The summed E-state index contributed by atoms with van der Waals surface area (Å²) in [6.45, 7) is -0.464. The smallest absolute Gasteiger partial charge is 0.164 e. The van der Waals surface area contributed by atoms with Crippen LogP contribution in [0.25, 0.3) is 0 Å². The van der Waals surface area contributed by atoms with Crippen molar-refractivity contribution in [3.05, 3.63) is 42.0 Å². The molecule has 0 aliphatic rings. The highest BCUT2D eigenvalue weighted by atomic mass is 16.5. The van der Waals surface area contributed by atoms with E-state index in [4.69, 9.17) is 14.2 Å². The van der Waals surface area contributed by atoms with Gasteiger partial charge in [0.2, 0.25) is 0 Å². The maximum absolute atomic E-state index is 10.5. The van der Waals surface area contributed by atoms with Crippen LogP contribution in [-0.2, 0) is 0 Å². The minimum atomic E-state index is -1.18. The molecule has 0 unspecified atom stereocenters. The highest BCUT2D eigenvalue weighted by Crippen LogP contribution is 2.34. The van der Waals surface area contributed by atoms with Gasteiger partial charge in [0.1, 0.15) is 11.9 Å². The van der Waals surface area contributed by atoms with Crippen LogP contribution in [-0.4, -0.2) is 47.4 Å². The van der Waals surface area contributed by atoms with E-state index < -0.39 is 18.8 Å². The van der Waals surface area contributed by atoms with Crippen molar-refractivity contribution in [2.24, 2.45) is 0 Å². The number of aromatic hydroxyl groups is 2. The number of rotatable bonds is 7. The fourth-order valence-corrected chi connectivity index (χ4v) is 2.21. The zero-order chi connectivity index (χ0) is 17.7. The van der Waals surface area contributed by atoms with Crippen LogP contribution in [0.3, 0.4) is 0 Å². The van der Waals surface area contributed by atoms with E-state index in [0.717, 1.165) is 0 Å². The number of methoxy groups -OCH3 is 2. The van der Waals surface area contributed by atoms with Crippen molar-refractivity contribution >= 4 is 0 Å². The van der Waals surface area contributed by atoms with Crippen LogP contribution in [0.1, 0.15) is 11.7 Å². The zero-order valence-electron chi connectivity index (χ0n) is 13.3. The molecule has 2 aromatic rings. The SMILES string of the molecule is COc1cc([C@H](O)[C@H](CO)Oc2ccc(O)cc2OC)ccc1O. The second-order valence-electron chi connectivity index (χ2n) is 5.05. The fourth-order valence-electron chi connectivity index (χ4n) is 2.21. The van der Waals surface area contributed by atoms with Gasteiger partial charge in [-0.25, -0.2) is 0 Å². The average Bonchev–Trinajstić information content (AvgIpc) is 2.60. The molecular formula is C17H20O7. The zero-order valence-corrected chi connectivity index (χ0v) is 13.3. The summed E-state index contributed by atoms with van der Waals surface area (Å²) in [6.07, 6.45) is -2.17. The van der Waals surface area contributed by atoms with Gasteiger partial charge in [-0.2, -0.15) is 0 Å². The van der Waals surface area contributed by atoms with E-state index in [1.54, 1.807) is 0 Å². The molecule has 0 heterocycles. The summed E-state index contributed by atoms with van der Waals surface area (Å²) in [5.74, 6) is 0.673. The largest absolute Gasteiger partial charge is 0.508 e. The minimum absolute atomic E-state index is 0.00330. The first-order valence-corrected chi connectivity index (χ1v) is 7.19. The summed E-state index contributed by atoms with van der Waals surface area (Å²) < 4.78 is 15.7. The van der Waals surface area contributed by atoms with Crippen molar-refractivity contribution in [1.29, 1.82) is 0 Å². The molecule has 2 rings (SSSR count). The first kappa shape index (κ1) is 17.7. The lowest BCUT2D eigenvalue weighted by molar-refractivity contribution is -0.000538. The summed E-state index contributed by atoms with van der Waals surface area (Å²) in [6, 6.07) is 8.58. The third-order valence-corrected chi connectivity index (χ3v) is 3.50. The molecule has 130 valence electrons. The van der Waals surface area contributed by atoms with E-state index >= 15 is 0 Å². The van der Waals surface area contributed by atoms with Gasteiger partial charge in [-0.1, -0.05) is 6.07 Å². The number of aliphatic hydroxyl groups excluding tert-OH is 2. The van der Waals surface area contributed by atoms with E-state index in [9.17, 15) is 20.4 Å². The molecule has 4 N–H and O–H groups in total. The molecule has 0 saturated heterocycles. The van der Waals surface area contributed by atoms with Crippen LogP contribution in [0.15, 0.2) is 36.4 Å². The van der Waals surface area contributed by atoms with Crippen LogP contribution in [0.5, 0.6) is 28.7 Å². The Morgan fingerprint density at radius 1 is 0.917 bits per heavy atom. The van der Waals surface area contributed by atoms with E-state index in [2.05, 4.69) is 0 Å². The molecule has 2 atom stereocenters. The van der Waals surface area contributed by atoms with Gasteiger partial charge in [0.25, 0.3) is 0 Å². The number of hydrogen-bond donors (Lipinski definition) is 4. The Kier molecular flexibility index (Phi) is 5.73. The number of hydrogen-bond acceptors (Lipinski definition) is 7. The summed E-state index contributed by atoms with van der Waals surface area (Å²) in [7, 11) is 2.81. The van der Waals surface area contributed by atoms with E-state index in [1.807, 2.05) is 0 Å². The molecule has 0 aromatic heterocycles. The van der Waals surface area contributed by atoms with Crippen molar-refractivity contribution in [1.82, 2.24) is 0 Å². The minimum Gasteiger partial charge on any atom is -0.508 e. The lowest BCUT2D eigenvalue weighted by atomic mass is 10.0. The number of phenols is 2. The Hall–Kier alpha value is -2.64. The molecular weight excluding hydrogens is 316 g/mol. The Labute approximate surface area is 139 Å². The Bertz CT molecular complexity index is 687. The lowest BCUT2D eigenvalue weighted by Crippen LogP contribution is -2.29. The predicted molar refractivity (Wildman–Crippen MR) is 85.8 cm³/mol. The molecule has 0 amide bonds. The van der Waals surface area contributed by atoms with E-state index in [-0.39, 0.29) is 28.7 Å². The molecule has 0 spiro atoms. The van der Waals surface area contributed by atoms with E-state index in [1.165, 1.54) is 50.6 Å². The van der Waals surface area contributed by atoms with Crippen molar-refractivity contribution in [3.8, 4) is 28.7 Å². The quantitative estimate of drug-likeness (QED) is 0.608. The van der Waals surface area contributed by atoms with Crippen LogP contribution >= 0.6 is 0 Å². The van der Waals surface area contributed by atoms with Gasteiger partial charge in [0.05, 0.1) is 20.8 Å². The standard InChI is InChI=1S/C17H20O7/c1-22-14-7-10(3-5-12(14)20)17(21)16(9-18)24-13-6-4-11(19)8-15(13)23-2/h3-8,16-21H,9H2,1-2H3/t16-,17-/m0/s1. The molecule has 0 radical (unpaired) electrons. The number of benzene rings is 2. The Balaban J connectivity index is 2.25. The summed E-state index contributed by atoms with van der Waals surface area (Å²) in [5.41, 5.74) is 0.404. The third kappa shape index (κ3) is 3.81. The van der Waals surface area contributed by atoms with E-state index in [0.29, 0.717) is 5.56 Å². The molecule has 24 heavy (non-hydrogen) atoms. The molecule has 0 aliphatic carbocycles. The van der Waals surface area contributed by atoms with Gasteiger partial charge in [-0.15, -0.1) is 0 Å². The Morgan fingerprint density at radius 2 is 1.62 bits per heavy atom. The van der Waals surface area contributed by atoms with Crippen molar-refractivity contribution in [2.45, 2.75) is 12.2 Å². The van der Waals surface area contributed by atoms with Crippen LogP contribution in [0.4, 0.5) is 0 Å². The fraction of sp³-hybridized carbons (Fsp3) is 0.294. The number of aliphatic hydroxyl groups is 2. The normalized spacial score (nSPS) is 13.2. The van der Waals surface area contributed by atoms with Crippen molar-refractivity contribution in [3.63, 3.8) is 0 Å². The molecule has 0 bridgehead atoms. The maximum atomic E-state index is 10.5. The molecule has 0 saturated carbocycles. The Morgan fingerprint density at radius 3 is 2.25 bits per heavy atom. The van der Waals surface area contributed by atoms with Gasteiger partial charge in [-0.3, -0.25) is 0 Å². The highest BCUT2D eigenvalue weighted by Gasteiger charge is 2.24. The molecule has 0 fully saturated rings. The topological polar surface area (TPSA) is 109 Å². The first-order valence-electron chi connectivity index (χ1n) is 7.19. The summed E-state index contributed by atoms with van der Waals surface area (Å²) >= 11 is 0. The van der Waals surface area contributed by atoms with Gasteiger partial charge >= 0.3 is 0 Å². The molecule has 0 aliphatic heterocycles. The summed E-state index contributed by atoms with van der Waals surface area (Å²) in [4.78, 5) is 0. The van der Waals surface area contributed by atoms with Gasteiger partial charge < -0.3 is 34.6 Å². The number of ether oxygens (including phenoxy) is 3. The second-order valence-corrected chi connectivity index (χ2v) is 5.05. The second kappa shape index (κ2) is 7.76. The first-order chi connectivity index (χ1) is 11.5. The lowest BCUT2D eigenvalue weighted by Gasteiger charge is -2.24. The van der Waals surface area contributed by atoms with Crippen LogP contribution in [0.2, 0.25) is 0 Å². The maximum Gasteiger partial charge on any atom is 0.164 e. The van der Waals surface area contributed by atoms with Gasteiger partial charge in [-0.05, 0) is 29.8 Å². The average molecular weight is 336 g/mol. The third-order valence-electron chi connectivity index (χ3n) is 3.50. The predicted octanol–water partition coefficient (Wildman–Crippen LogP) is 1.59. The van der Waals surface area contributed by atoms with Gasteiger partial charge in [0, 0.05) is 6.07 Å². The van der Waals surface area contributed by atoms with Gasteiger partial charge in [0.15, 0.2) is 29.1 Å². The molecule has 2 aromatic carbocycles. The summed E-state index contributed by atoms with van der Waals surface area (Å²) in [5, 5.41) is 39.1. The monoisotopic (exact) mass is 336 g/mol. The van der Waals surface area contributed by atoms with Crippen LogP contribution in [0, 0.1) is 0 Å². The molecule has 7 nitrogen and oxygen atoms in total. The van der Waals surface area contributed by atoms with Crippen molar-refractivity contribution in [2.75, 3.05) is 20.8 Å². The highest BCUT2D eigenvalue weighted by molar-refractivity contribution is 5.45. The van der Waals surface area contributed by atoms with Crippen molar-refractivity contribution < 1.29 is 34.6 Å². The molecule has 7 heteroatoms. The number of phenolic OH excluding ortho intramolecular Hbond substituents is 2. The van der Waals surface area contributed by atoms with Crippen LogP contribution < -0.4 is 14.2 Å².